The molecule has 0 heterocycles. The summed E-state index contributed by atoms with van der Waals surface area (Å²) in [4.78, 5) is 10.4. The molecule has 1 aliphatic carbocycles. The van der Waals surface area contributed by atoms with Gasteiger partial charge in [0, 0.05) is 18.2 Å². The monoisotopic (exact) mass is 262 g/mol. The van der Waals surface area contributed by atoms with Gasteiger partial charge in [0.05, 0.1) is 4.92 Å². The van der Waals surface area contributed by atoms with E-state index < -0.39 is 0 Å². The Bertz CT molecular complexity index is 448. The van der Waals surface area contributed by atoms with Crippen LogP contribution in [-0.4, -0.2) is 11.5 Å². The van der Waals surface area contributed by atoms with Crippen molar-refractivity contribution in [1.29, 1.82) is 0 Å². The molecule has 1 aliphatic rings. The Morgan fingerprint density at radius 1 is 1.47 bits per heavy atom. The lowest BCUT2D eigenvalue weighted by atomic mass is 9.97. The molecule has 1 aromatic rings. The van der Waals surface area contributed by atoms with Crippen molar-refractivity contribution >= 4 is 5.69 Å². The SMILES string of the molecule is CC(NCC1CCCC1C)c1cccc([N+](=O)[O-])c1. The van der Waals surface area contributed by atoms with Gasteiger partial charge < -0.3 is 5.32 Å². The summed E-state index contributed by atoms with van der Waals surface area (Å²) in [6.45, 7) is 5.39. The minimum atomic E-state index is -0.338. The van der Waals surface area contributed by atoms with Gasteiger partial charge in [0.15, 0.2) is 0 Å². The molecule has 1 aromatic carbocycles. The van der Waals surface area contributed by atoms with E-state index in [0.717, 1.165) is 23.9 Å². The molecular formula is C15H22N2O2. The molecule has 104 valence electrons. The minimum absolute atomic E-state index is 0.160. The standard InChI is InChI=1S/C15H22N2O2/c1-11-5-3-7-14(11)10-16-12(2)13-6-4-8-15(9-13)17(18)19/h4,6,8-9,11-12,14,16H,3,5,7,10H2,1-2H3. The smallest absolute Gasteiger partial charge is 0.269 e. The van der Waals surface area contributed by atoms with Crippen LogP contribution in [0.2, 0.25) is 0 Å². The number of hydrogen-bond acceptors (Lipinski definition) is 3. The number of rotatable bonds is 5. The van der Waals surface area contributed by atoms with Gasteiger partial charge in [-0.3, -0.25) is 10.1 Å². The van der Waals surface area contributed by atoms with Crippen LogP contribution in [0.5, 0.6) is 0 Å². The van der Waals surface area contributed by atoms with Crippen molar-refractivity contribution in [1.82, 2.24) is 5.32 Å². The van der Waals surface area contributed by atoms with E-state index >= 15 is 0 Å². The van der Waals surface area contributed by atoms with Crippen molar-refractivity contribution in [2.24, 2.45) is 11.8 Å². The number of nitro groups is 1. The molecule has 2 rings (SSSR count). The van der Waals surface area contributed by atoms with Crippen molar-refractivity contribution < 1.29 is 4.92 Å². The molecular weight excluding hydrogens is 240 g/mol. The molecule has 0 saturated heterocycles. The second-order valence-corrected chi connectivity index (χ2v) is 5.65. The van der Waals surface area contributed by atoms with E-state index in [2.05, 4.69) is 19.2 Å². The zero-order valence-electron chi connectivity index (χ0n) is 11.6. The zero-order valence-corrected chi connectivity index (χ0v) is 11.6. The first kappa shape index (κ1) is 14.0. The Hall–Kier alpha value is -1.42. The van der Waals surface area contributed by atoms with Crippen molar-refractivity contribution in [2.45, 2.75) is 39.2 Å². The highest BCUT2D eigenvalue weighted by atomic mass is 16.6. The van der Waals surface area contributed by atoms with Crippen LogP contribution in [0.4, 0.5) is 5.69 Å². The van der Waals surface area contributed by atoms with Gasteiger partial charge in [-0.25, -0.2) is 0 Å². The Kier molecular flexibility index (Phi) is 4.53. The number of nitrogens with zero attached hydrogens (tertiary/aromatic N) is 1. The van der Waals surface area contributed by atoms with E-state index in [1.54, 1.807) is 12.1 Å². The van der Waals surface area contributed by atoms with E-state index in [-0.39, 0.29) is 16.7 Å². The molecule has 0 spiro atoms. The molecule has 0 aliphatic heterocycles. The van der Waals surface area contributed by atoms with Gasteiger partial charge >= 0.3 is 0 Å². The average Bonchev–Trinajstić information content (AvgIpc) is 2.81. The third-order valence-electron chi connectivity index (χ3n) is 4.31. The van der Waals surface area contributed by atoms with E-state index in [1.165, 1.54) is 25.3 Å². The molecule has 3 unspecified atom stereocenters. The Morgan fingerprint density at radius 3 is 2.89 bits per heavy atom. The molecule has 1 N–H and O–H groups in total. The minimum Gasteiger partial charge on any atom is -0.310 e. The highest BCUT2D eigenvalue weighted by Gasteiger charge is 2.23. The second-order valence-electron chi connectivity index (χ2n) is 5.65. The molecule has 1 saturated carbocycles. The summed E-state index contributed by atoms with van der Waals surface area (Å²) in [5, 5.41) is 14.3. The lowest BCUT2D eigenvalue weighted by Gasteiger charge is -2.20. The average molecular weight is 262 g/mol. The second kappa shape index (κ2) is 6.15. The largest absolute Gasteiger partial charge is 0.310 e. The fraction of sp³-hybridized carbons (Fsp3) is 0.600. The summed E-state index contributed by atoms with van der Waals surface area (Å²) in [7, 11) is 0. The highest BCUT2D eigenvalue weighted by molar-refractivity contribution is 5.35. The fourth-order valence-corrected chi connectivity index (χ4v) is 2.88. The first-order chi connectivity index (χ1) is 9.08. The summed E-state index contributed by atoms with van der Waals surface area (Å²) in [5.74, 6) is 1.55. The van der Waals surface area contributed by atoms with Gasteiger partial charge in [0.2, 0.25) is 0 Å². The van der Waals surface area contributed by atoms with Crippen molar-refractivity contribution in [3.63, 3.8) is 0 Å². The van der Waals surface area contributed by atoms with Crippen molar-refractivity contribution in [3.05, 3.63) is 39.9 Å². The molecule has 19 heavy (non-hydrogen) atoms. The van der Waals surface area contributed by atoms with Crippen molar-refractivity contribution in [3.8, 4) is 0 Å². The van der Waals surface area contributed by atoms with Gasteiger partial charge in [0.25, 0.3) is 5.69 Å². The van der Waals surface area contributed by atoms with Crippen LogP contribution < -0.4 is 5.32 Å². The van der Waals surface area contributed by atoms with Crippen LogP contribution in [-0.2, 0) is 0 Å². The molecule has 4 nitrogen and oxygen atoms in total. The molecule has 0 radical (unpaired) electrons. The quantitative estimate of drug-likeness (QED) is 0.650. The van der Waals surface area contributed by atoms with E-state index in [9.17, 15) is 10.1 Å². The molecule has 3 atom stereocenters. The normalized spacial score (nSPS) is 24.3. The van der Waals surface area contributed by atoms with Crippen LogP contribution in [0.25, 0.3) is 0 Å². The van der Waals surface area contributed by atoms with Gasteiger partial charge in [-0.1, -0.05) is 31.9 Å². The van der Waals surface area contributed by atoms with Crippen LogP contribution >= 0.6 is 0 Å². The first-order valence-corrected chi connectivity index (χ1v) is 7.05. The third kappa shape index (κ3) is 3.53. The third-order valence-corrected chi connectivity index (χ3v) is 4.31. The lowest BCUT2D eigenvalue weighted by Crippen LogP contribution is -2.27. The first-order valence-electron chi connectivity index (χ1n) is 7.05. The van der Waals surface area contributed by atoms with Crippen LogP contribution in [0.3, 0.4) is 0 Å². The maximum Gasteiger partial charge on any atom is 0.269 e. The predicted octanol–water partition coefficient (Wildman–Crippen LogP) is 3.68. The molecule has 1 fully saturated rings. The van der Waals surface area contributed by atoms with Crippen LogP contribution in [0.15, 0.2) is 24.3 Å². The highest BCUT2D eigenvalue weighted by Crippen LogP contribution is 2.31. The molecule has 0 aromatic heterocycles. The van der Waals surface area contributed by atoms with Gasteiger partial charge in [-0.15, -0.1) is 0 Å². The van der Waals surface area contributed by atoms with Crippen LogP contribution in [0.1, 0.15) is 44.7 Å². The summed E-state index contributed by atoms with van der Waals surface area (Å²) in [5.41, 5.74) is 1.15. The number of benzene rings is 1. The summed E-state index contributed by atoms with van der Waals surface area (Å²) < 4.78 is 0. The number of nitrogens with one attached hydrogen (secondary N) is 1. The lowest BCUT2D eigenvalue weighted by molar-refractivity contribution is -0.384. The number of nitro benzene ring substituents is 1. The van der Waals surface area contributed by atoms with Gasteiger partial charge in [0.1, 0.15) is 0 Å². The van der Waals surface area contributed by atoms with Gasteiger partial charge in [-0.2, -0.15) is 0 Å². The van der Waals surface area contributed by atoms with Gasteiger partial charge in [-0.05, 0) is 37.3 Å². The maximum absolute atomic E-state index is 10.8. The van der Waals surface area contributed by atoms with E-state index in [1.807, 2.05) is 6.07 Å². The van der Waals surface area contributed by atoms with E-state index in [4.69, 9.17) is 0 Å². The summed E-state index contributed by atoms with van der Waals surface area (Å²) in [6.07, 6.45) is 3.96. The topological polar surface area (TPSA) is 55.2 Å². The fourth-order valence-electron chi connectivity index (χ4n) is 2.88. The number of non-ortho nitro benzene ring substituents is 1. The Labute approximate surface area is 114 Å². The molecule has 0 amide bonds. The molecule has 0 bridgehead atoms. The number of hydrogen-bond donors (Lipinski definition) is 1. The summed E-state index contributed by atoms with van der Waals surface area (Å²) >= 11 is 0. The molecule has 4 heteroatoms. The maximum atomic E-state index is 10.8. The predicted molar refractivity (Wildman–Crippen MR) is 76.0 cm³/mol. The Morgan fingerprint density at radius 2 is 2.26 bits per heavy atom. The van der Waals surface area contributed by atoms with E-state index in [0.29, 0.717) is 0 Å². The zero-order chi connectivity index (χ0) is 13.8. The van der Waals surface area contributed by atoms with Crippen LogP contribution in [0, 0.1) is 22.0 Å². The van der Waals surface area contributed by atoms with Crippen molar-refractivity contribution in [2.75, 3.05) is 6.54 Å². The summed E-state index contributed by atoms with van der Waals surface area (Å²) in [6, 6.07) is 7.06. The Balaban J connectivity index is 1.93.